The van der Waals surface area contributed by atoms with Gasteiger partial charge in [-0.3, -0.25) is 4.90 Å². The van der Waals surface area contributed by atoms with Crippen molar-refractivity contribution in [1.29, 1.82) is 0 Å². The zero-order chi connectivity index (χ0) is 12.5. The molecule has 2 rings (SSSR count). The highest BCUT2D eigenvalue weighted by atomic mass is 16.5. The highest BCUT2D eigenvalue weighted by Crippen LogP contribution is 2.55. The summed E-state index contributed by atoms with van der Waals surface area (Å²) in [6.07, 6.45) is 5.51. The molecule has 1 heterocycles. The van der Waals surface area contributed by atoms with Crippen LogP contribution in [0.1, 0.15) is 46.5 Å². The summed E-state index contributed by atoms with van der Waals surface area (Å²) in [5.41, 5.74) is 6.67. The summed E-state index contributed by atoms with van der Waals surface area (Å²) in [5, 5.41) is 0. The maximum absolute atomic E-state index is 6.10. The van der Waals surface area contributed by atoms with Gasteiger partial charge in [0.2, 0.25) is 0 Å². The Bertz CT molecular complexity index is 259. The molecule has 0 amide bonds. The molecule has 100 valence electrons. The highest BCUT2D eigenvalue weighted by molar-refractivity contribution is 5.09. The molecule has 2 aliphatic rings. The fourth-order valence-corrected chi connectivity index (χ4v) is 3.20. The molecule has 1 saturated carbocycles. The van der Waals surface area contributed by atoms with Crippen LogP contribution in [0.2, 0.25) is 0 Å². The maximum atomic E-state index is 6.10. The molecule has 2 atom stereocenters. The smallest absolute Gasteiger partial charge is 0.0703 e. The Labute approximate surface area is 106 Å². The highest BCUT2D eigenvalue weighted by Gasteiger charge is 2.54. The van der Waals surface area contributed by atoms with E-state index in [2.05, 4.69) is 25.7 Å². The second-order valence-electron chi connectivity index (χ2n) is 6.21. The van der Waals surface area contributed by atoms with Gasteiger partial charge in [-0.2, -0.15) is 0 Å². The Balaban J connectivity index is 2.04. The van der Waals surface area contributed by atoms with E-state index in [0.29, 0.717) is 11.5 Å². The molecule has 2 unspecified atom stereocenters. The van der Waals surface area contributed by atoms with E-state index < -0.39 is 0 Å². The first kappa shape index (κ1) is 13.3. The van der Waals surface area contributed by atoms with Gasteiger partial charge in [-0.15, -0.1) is 0 Å². The normalized spacial score (nSPS) is 30.5. The molecule has 0 radical (unpaired) electrons. The van der Waals surface area contributed by atoms with E-state index in [1.807, 2.05) is 0 Å². The maximum Gasteiger partial charge on any atom is 0.0703 e. The van der Waals surface area contributed by atoms with E-state index >= 15 is 0 Å². The van der Waals surface area contributed by atoms with Gasteiger partial charge >= 0.3 is 0 Å². The summed E-state index contributed by atoms with van der Waals surface area (Å²) >= 11 is 0. The van der Waals surface area contributed by atoms with E-state index in [0.717, 1.165) is 26.2 Å². The summed E-state index contributed by atoms with van der Waals surface area (Å²) in [6.45, 7) is 10.8. The van der Waals surface area contributed by atoms with E-state index in [4.69, 9.17) is 10.5 Å². The molecule has 1 aliphatic carbocycles. The average Bonchev–Trinajstić information content (AvgIpc) is 2.90. The van der Waals surface area contributed by atoms with Crippen molar-refractivity contribution < 1.29 is 4.74 Å². The molecular weight excluding hydrogens is 212 g/mol. The molecule has 17 heavy (non-hydrogen) atoms. The summed E-state index contributed by atoms with van der Waals surface area (Å²) in [6, 6.07) is 0. The Morgan fingerprint density at radius 3 is 2.59 bits per heavy atom. The minimum atomic E-state index is 0.147. The molecule has 3 nitrogen and oxygen atoms in total. The van der Waals surface area contributed by atoms with Crippen LogP contribution < -0.4 is 5.73 Å². The van der Waals surface area contributed by atoms with Crippen molar-refractivity contribution >= 4 is 0 Å². The fraction of sp³-hybridized carbons (Fsp3) is 1.00. The van der Waals surface area contributed by atoms with Gasteiger partial charge in [0.15, 0.2) is 0 Å². The van der Waals surface area contributed by atoms with Gasteiger partial charge in [0.05, 0.1) is 6.10 Å². The first-order valence-corrected chi connectivity index (χ1v) is 7.12. The lowest BCUT2D eigenvalue weighted by molar-refractivity contribution is 0.000896. The lowest BCUT2D eigenvalue weighted by Crippen LogP contribution is -2.58. The van der Waals surface area contributed by atoms with Gasteiger partial charge in [0.1, 0.15) is 0 Å². The minimum absolute atomic E-state index is 0.147. The second-order valence-corrected chi connectivity index (χ2v) is 6.21. The van der Waals surface area contributed by atoms with E-state index in [-0.39, 0.29) is 5.54 Å². The fourth-order valence-electron chi connectivity index (χ4n) is 3.20. The lowest BCUT2D eigenvalue weighted by Gasteiger charge is -2.46. The van der Waals surface area contributed by atoms with Gasteiger partial charge < -0.3 is 10.5 Å². The minimum Gasteiger partial charge on any atom is -0.377 e. The number of rotatable bonds is 6. The van der Waals surface area contributed by atoms with Crippen LogP contribution in [-0.4, -0.2) is 42.8 Å². The molecule has 2 N–H and O–H groups in total. The van der Waals surface area contributed by atoms with Gasteiger partial charge in [-0.25, -0.2) is 0 Å². The number of nitrogens with two attached hydrogens (primary N) is 1. The van der Waals surface area contributed by atoms with E-state index in [1.165, 1.54) is 25.7 Å². The van der Waals surface area contributed by atoms with Crippen molar-refractivity contribution in [2.75, 3.05) is 26.2 Å². The summed E-state index contributed by atoms with van der Waals surface area (Å²) in [5.74, 6) is 0. The summed E-state index contributed by atoms with van der Waals surface area (Å²) < 4.78 is 5.78. The van der Waals surface area contributed by atoms with Crippen LogP contribution in [0.5, 0.6) is 0 Å². The lowest BCUT2D eigenvalue weighted by atomic mass is 9.81. The molecule has 3 heteroatoms. The predicted octanol–water partition coefficient (Wildman–Crippen LogP) is 2.00. The Morgan fingerprint density at radius 2 is 2.18 bits per heavy atom. The number of ether oxygens (including phenoxy) is 1. The number of nitrogens with zero attached hydrogens (tertiary/aromatic N) is 1. The number of hydrogen-bond donors (Lipinski definition) is 1. The van der Waals surface area contributed by atoms with Crippen molar-refractivity contribution in [3.05, 3.63) is 0 Å². The SMILES string of the molecule is CCN(CC1CCCO1)C(C)(CN)C1(C)CC1. The Hall–Kier alpha value is -0.120. The van der Waals surface area contributed by atoms with Crippen LogP contribution in [0, 0.1) is 5.41 Å². The number of likely N-dealkylation sites (N-methyl/N-ethyl adjacent to an activating group) is 1. The van der Waals surface area contributed by atoms with E-state index in [9.17, 15) is 0 Å². The molecule has 2 fully saturated rings. The molecule has 1 saturated heterocycles. The molecule has 0 bridgehead atoms. The Morgan fingerprint density at radius 1 is 1.47 bits per heavy atom. The zero-order valence-electron chi connectivity index (χ0n) is 11.7. The first-order valence-electron chi connectivity index (χ1n) is 7.12. The van der Waals surface area contributed by atoms with Crippen LogP contribution in [0.15, 0.2) is 0 Å². The third-order valence-corrected chi connectivity index (χ3v) is 5.23. The first-order chi connectivity index (χ1) is 8.05. The van der Waals surface area contributed by atoms with Gasteiger partial charge in [0, 0.05) is 25.2 Å². The van der Waals surface area contributed by atoms with Gasteiger partial charge in [0.25, 0.3) is 0 Å². The summed E-state index contributed by atoms with van der Waals surface area (Å²) in [4.78, 5) is 2.57. The monoisotopic (exact) mass is 240 g/mol. The molecular formula is C14H28N2O. The summed E-state index contributed by atoms with van der Waals surface area (Å²) in [7, 11) is 0. The quantitative estimate of drug-likeness (QED) is 0.772. The third kappa shape index (κ3) is 2.38. The molecule has 1 aliphatic heterocycles. The standard InChI is InChI=1S/C14H28N2O/c1-4-16(10-12-6-5-9-17-12)14(3,11-15)13(2)7-8-13/h12H,4-11,15H2,1-3H3. The van der Waals surface area contributed by atoms with Crippen LogP contribution in [-0.2, 0) is 4.74 Å². The second kappa shape index (κ2) is 4.87. The zero-order valence-corrected chi connectivity index (χ0v) is 11.7. The van der Waals surface area contributed by atoms with Crippen LogP contribution in [0.3, 0.4) is 0 Å². The van der Waals surface area contributed by atoms with Crippen molar-refractivity contribution in [3.63, 3.8) is 0 Å². The third-order valence-electron chi connectivity index (χ3n) is 5.23. The molecule has 0 aromatic carbocycles. The van der Waals surface area contributed by atoms with Crippen molar-refractivity contribution in [1.82, 2.24) is 4.90 Å². The molecule has 0 aromatic rings. The van der Waals surface area contributed by atoms with Crippen LogP contribution in [0.4, 0.5) is 0 Å². The van der Waals surface area contributed by atoms with Crippen molar-refractivity contribution in [2.45, 2.75) is 58.1 Å². The van der Waals surface area contributed by atoms with Crippen molar-refractivity contribution in [2.24, 2.45) is 11.1 Å². The largest absolute Gasteiger partial charge is 0.377 e. The van der Waals surface area contributed by atoms with Gasteiger partial charge in [-0.1, -0.05) is 13.8 Å². The predicted molar refractivity (Wildman–Crippen MR) is 71.0 cm³/mol. The van der Waals surface area contributed by atoms with E-state index in [1.54, 1.807) is 0 Å². The Kier molecular flexibility index (Phi) is 3.81. The van der Waals surface area contributed by atoms with Crippen LogP contribution in [0.25, 0.3) is 0 Å². The number of hydrogen-bond acceptors (Lipinski definition) is 3. The molecule has 0 aromatic heterocycles. The van der Waals surface area contributed by atoms with Crippen LogP contribution >= 0.6 is 0 Å². The topological polar surface area (TPSA) is 38.5 Å². The van der Waals surface area contributed by atoms with Crippen molar-refractivity contribution in [3.8, 4) is 0 Å². The molecule has 0 spiro atoms. The average molecular weight is 240 g/mol. The van der Waals surface area contributed by atoms with Gasteiger partial charge in [-0.05, 0) is 44.6 Å².